The number of nitrogens with zero attached hydrogens (tertiary/aromatic N) is 3. The Hall–Kier alpha value is -2.62. The highest BCUT2D eigenvalue weighted by molar-refractivity contribution is 5.88. The van der Waals surface area contributed by atoms with Gasteiger partial charge in [-0.2, -0.15) is 5.10 Å². The van der Waals surface area contributed by atoms with Crippen LogP contribution in [0.5, 0.6) is 0 Å². The minimum Gasteiger partial charge on any atom is -0.383 e. The fraction of sp³-hybridized carbons (Fsp3) is 0.125. The summed E-state index contributed by atoms with van der Waals surface area (Å²) in [6.45, 7) is 2.08. The summed E-state index contributed by atoms with van der Waals surface area (Å²) in [5.41, 5.74) is 11.3. The van der Waals surface area contributed by atoms with E-state index in [1.807, 2.05) is 37.5 Å². The second-order valence-electron chi connectivity index (χ2n) is 4.79. The molecule has 2 N–H and O–H groups in total. The minimum atomic E-state index is 0.649. The number of nitrogen functional groups attached to an aromatic ring is 1. The minimum absolute atomic E-state index is 0.649. The van der Waals surface area contributed by atoms with E-state index in [0.717, 1.165) is 22.4 Å². The molecule has 0 amide bonds. The van der Waals surface area contributed by atoms with E-state index in [-0.39, 0.29) is 0 Å². The summed E-state index contributed by atoms with van der Waals surface area (Å²) < 4.78 is 1.71. The molecule has 3 aromatic rings. The first-order chi connectivity index (χ1) is 9.68. The average Bonchev–Trinajstić information content (AvgIpc) is 2.76. The predicted molar refractivity (Wildman–Crippen MR) is 81.0 cm³/mol. The summed E-state index contributed by atoms with van der Waals surface area (Å²) in [6.07, 6.45) is 3.57. The number of hydrogen-bond donors (Lipinski definition) is 1. The highest BCUT2D eigenvalue weighted by Crippen LogP contribution is 2.36. The molecule has 3 rings (SSSR count). The summed E-state index contributed by atoms with van der Waals surface area (Å²) in [5, 5.41) is 4.58. The van der Waals surface area contributed by atoms with E-state index in [1.54, 1.807) is 10.9 Å². The Morgan fingerprint density at radius 3 is 2.60 bits per heavy atom. The molecule has 0 aliphatic heterocycles. The Kier molecular flexibility index (Phi) is 2.99. The van der Waals surface area contributed by atoms with Gasteiger partial charge in [0, 0.05) is 30.6 Å². The highest BCUT2D eigenvalue weighted by atomic mass is 15.3. The van der Waals surface area contributed by atoms with Crippen molar-refractivity contribution in [2.45, 2.75) is 6.92 Å². The van der Waals surface area contributed by atoms with E-state index in [9.17, 15) is 0 Å². The van der Waals surface area contributed by atoms with Crippen LogP contribution in [0.4, 0.5) is 5.82 Å². The lowest BCUT2D eigenvalue weighted by molar-refractivity contribution is 0.782. The van der Waals surface area contributed by atoms with E-state index in [0.29, 0.717) is 5.82 Å². The van der Waals surface area contributed by atoms with Gasteiger partial charge >= 0.3 is 0 Å². The predicted octanol–water partition coefficient (Wildman–Crippen LogP) is 3.04. The molecule has 2 aromatic heterocycles. The van der Waals surface area contributed by atoms with Crippen LogP contribution in [-0.4, -0.2) is 14.8 Å². The first-order valence-corrected chi connectivity index (χ1v) is 6.47. The fourth-order valence-corrected chi connectivity index (χ4v) is 2.36. The van der Waals surface area contributed by atoms with Gasteiger partial charge in [0.05, 0.1) is 5.56 Å². The maximum atomic E-state index is 6.20. The van der Waals surface area contributed by atoms with Gasteiger partial charge in [0.1, 0.15) is 11.5 Å². The van der Waals surface area contributed by atoms with Gasteiger partial charge in [0.25, 0.3) is 0 Å². The number of aryl methyl sites for hydroxylation is 2. The molecule has 0 fully saturated rings. The van der Waals surface area contributed by atoms with Crippen LogP contribution in [0, 0.1) is 6.92 Å². The molecule has 20 heavy (non-hydrogen) atoms. The molecule has 1 aromatic carbocycles. The average molecular weight is 264 g/mol. The zero-order valence-corrected chi connectivity index (χ0v) is 11.5. The van der Waals surface area contributed by atoms with Crippen LogP contribution in [-0.2, 0) is 7.05 Å². The van der Waals surface area contributed by atoms with E-state index < -0.39 is 0 Å². The third-order valence-electron chi connectivity index (χ3n) is 3.44. The maximum absolute atomic E-state index is 6.20. The highest BCUT2D eigenvalue weighted by Gasteiger charge is 2.18. The Labute approximate surface area is 117 Å². The van der Waals surface area contributed by atoms with E-state index in [2.05, 4.69) is 29.1 Å². The zero-order valence-electron chi connectivity index (χ0n) is 11.5. The van der Waals surface area contributed by atoms with Gasteiger partial charge in [-0.05, 0) is 18.6 Å². The Balaban J connectivity index is 2.28. The first kappa shape index (κ1) is 12.4. The van der Waals surface area contributed by atoms with Crippen LogP contribution >= 0.6 is 0 Å². The van der Waals surface area contributed by atoms with E-state index in [1.165, 1.54) is 5.56 Å². The Morgan fingerprint density at radius 1 is 1.10 bits per heavy atom. The van der Waals surface area contributed by atoms with Gasteiger partial charge < -0.3 is 5.73 Å². The molecular formula is C16H16N4. The summed E-state index contributed by atoms with van der Waals surface area (Å²) >= 11 is 0. The molecule has 0 aliphatic carbocycles. The summed E-state index contributed by atoms with van der Waals surface area (Å²) in [6, 6.07) is 12.1. The molecule has 0 unspecified atom stereocenters. The number of anilines is 1. The van der Waals surface area contributed by atoms with E-state index in [4.69, 9.17) is 5.73 Å². The topological polar surface area (TPSA) is 56.7 Å². The van der Waals surface area contributed by atoms with Crippen molar-refractivity contribution in [2.24, 2.45) is 7.05 Å². The molecule has 0 saturated heterocycles. The number of pyridine rings is 1. The third kappa shape index (κ3) is 1.95. The van der Waals surface area contributed by atoms with Gasteiger partial charge in [-0.25, -0.2) is 0 Å². The molecule has 0 radical (unpaired) electrons. The van der Waals surface area contributed by atoms with Crippen LogP contribution in [0.3, 0.4) is 0 Å². The second-order valence-corrected chi connectivity index (χ2v) is 4.79. The zero-order chi connectivity index (χ0) is 14.1. The van der Waals surface area contributed by atoms with Crippen LogP contribution in [0.15, 0.2) is 48.8 Å². The molecule has 0 aliphatic rings. The standard InChI is InChI=1S/C16H16N4/c1-11-6-3-4-8-13(11)15-14(16(17)20(2)19-15)12-7-5-9-18-10-12/h3-10H,17H2,1-2H3. The number of hydrogen-bond acceptors (Lipinski definition) is 3. The first-order valence-electron chi connectivity index (χ1n) is 6.47. The smallest absolute Gasteiger partial charge is 0.129 e. The van der Waals surface area contributed by atoms with Gasteiger partial charge in [0.15, 0.2) is 0 Å². The van der Waals surface area contributed by atoms with Crippen molar-refractivity contribution in [3.8, 4) is 22.4 Å². The van der Waals surface area contributed by atoms with E-state index >= 15 is 0 Å². The van der Waals surface area contributed by atoms with Crippen molar-refractivity contribution in [3.05, 3.63) is 54.4 Å². The fourth-order valence-electron chi connectivity index (χ4n) is 2.36. The van der Waals surface area contributed by atoms with Crippen LogP contribution in [0.2, 0.25) is 0 Å². The Bertz CT molecular complexity index is 744. The van der Waals surface area contributed by atoms with Crippen molar-refractivity contribution in [1.29, 1.82) is 0 Å². The van der Waals surface area contributed by atoms with Crippen molar-refractivity contribution in [1.82, 2.24) is 14.8 Å². The van der Waals surface area contributed by atoms with Gasteiger partial charge in [-0.15, -0.1) is 0 Å². The molecule has 100 valence electrons. The molecule has 0 spiro atoms. The molecule has 0 bridgehead atoms. The van der Waals surface area contributed by atoms with Gasteiger partial charge in [-0.1, -0.05) is 30.3 Å². The monoisotopic (exact) mass is 264 g/mol. The van der Waals surface area contributed by atoms with Gasteiger partial charge in [-0.3, -0.25) is 9.67 Å². The van der Waals surface area contributed by atoms with Crippen molar-refractivity contribution >= 4 is 5.82 Å². The van der Waals surface area contributed by atoms with Crippen LogP contribution in [0.1, 0.15) is 5.56 Å². The van der Waals surface area contributed by atoms with Crippen molar-refractivity contribution < 1.29 is 0 Å². The molecule has 4 heteroatoms. The lowest BCUT2D eigenvalue weighted by atomic mass is 9.99. The van der Waals surface area contributed by atoms with Crippen molar-refractivity contribution in [2.75, 3.05) is 5.73 Å². The normalized spacial score (nSPS) is 10.7. The lowest BCUT2D eigenvalue weighted by Gasteiger charge is -2.06. The number of nitrogens with two attached hydrogens (primary N) is 1. The quantitative estimate of drug-likeness (QED) is 0.774. The van der Waals surface area contributed by atoms with Crippen LogP contribution in [0.25, 0.3) is 22.4 Å². The molecule has 2 heterocycles. The molecule has 0 saturated carbocycles. The summed E-state index contributed by atoms with van der Waals surface area (Å²) in [5.74, 6) is 0.649. The lowest BCUT2D eigenvalue weighted by Crippen LogP contribution is -1.98. The molecular weight excluding hydrogens is 248 g/mol. The summed E-state index contributed by atoms with van der Waals surface area (Å²) in [7, 11) is 1.86. The van der Waals surface area contributed by atoms with Gasteiger partial charge in [0.2, 0.25) is 0 Å². The SMILES string of the molecule is Cc1ccccc1-c1nn(C)c(N)c1-c1cccnc1. The third-order valence-corrected chi connectivity index (χ3v) is 3.44. The Morgan fingerprint density at radius 2 is 1.90 bits per heavy atom. The van der Waals surface area contributed by atoms with Crippen molar-refractivity contribution in [3.63, 3.8) is 0 Å². The molecule has 0 atom stereocenters. The number of rotatable bonds is 2. The maximum Gasteiger partial charge on any atom is 0.129 e. The number of aromatic nitrogens is 3. The van der Waals surface area contributed by atoms with Crippen LogP contribution < -0.4 is 5.73 Å². The second kappa shape index (κ2) is 4.81. The summed E-state index contributed by atoms with van der Waals surface area (Å²) in [4.78, 5) is 4.18. The number of benzene rings is 1. The largest absolute Gasteiger partial charge is 0.383 e. The molecule has 4 nitrogen and oxygen atoms in total.